The zero-order chi connectivity index (χ0) is 17.0. The van der Waals surface area contributed by atoms with Gasteiger partial charge in [-0.2, -0.15) is 0 Å². The molecule has 0 fully saturated rings. The Morgan fingerprint density at radius 1 is 1.39 bits per heavy atom. The molecule has 1 aromatic carbocycles. The van der Waals surface area contributed by atoms with Crippen molar-refractivity contribution >= 4 is 41.6 Å². The van der Waals surface area contributed by atoms with E-state index in [1.54, 1.807) is 24.1 Å². The summed E-state index contributed by atoms with van der Waals surface area (Å²) in [5.74, 6) is 0. The van der Waals surface area contributed by atoms with Gasteiger partial charge in [0.25, 0.3) is 0 Å². The maximum atomic E-state index is 11.7. The fourth-order valence-electron chi connectivity index (χ4n) is 2.08. The number of nitrogens with zero attached hydrogens (tertiary/aromatic N) is 1. The summed E-state index contributed by atoms with van der Waals surface area (Å²) in [4.78, 5) is 30.9. The van der Waals surface area contributed by atoms with E-state index < -0.39 is 13.2 Å². The molecule has 0 aliphatic heterocycles. The van der Waals surface area contributed by atoms with Crippen LogP contribution in [0.3, 0.4) is 0 Å². The van der Waals surface area contributed by atoms with Crippen LogP contribution in [0.2, 0.25) is 0 Å². The predicted octanol–water partition coefficient (Wildman–Crippen LogP) is 1.67. The third-order valence-electron chi connectivity index (χ3n) is 3.20. The Morgan fingerprint density at radius 2 is 2.09 bits per heavy atom. The molecular weight excluding hydrogens is 339 g/mol. The molecule has 0 bridgehead atoms. The monoisotopic (exact) mass is 356 g/mol. The Labute approximate surface area is 138 Å². The average Bonchev–Trinajstić information content (AvgIpc) is 2.48. The Bertz CT molecular complexity index is 816. The molecule has 0 spiro atoms. The van der Waals surface area contributed by atoms with E-state index in [-0.39, 0.29) is 12.6 Å². The molecule has 0 aliphatic carbocycles. The predicted molar refractivity (Wildman–Crippen MR) is 93.0 cm³/mol. The third-order valence-corrected chi connectivity index (χ3v) is 4.51. The molecule has 2 aromatic rings. The van der Waals surface area contributed by atoms with Crippen LogP contribution in [0.25, 0.3) is 11.0 Å². The minimum atomic E-state index is -4.00. The molecule has 0 radical (unpaired) electrons. The summed E-state index contributed by atoms with van der Waals surface area (Å²) in [5, 5.41) is 4.02. The summed E-state index contributed by atoms with van der Waals surface area (Å²) in [6, 6.07) is 8.47. The first-order chi connectivity index (χ1) is 10.8. The van der Waals surface area contributed by atoms with E-state index in [0.717, 1.165) is 5.39 Å². The first kappa shape index (κ1) is 17.6. The fraction of sp³-hybridized carbons (Fsp3) is 0.286. The molecule has 9 heteroatoms. The number of rotatable bonds is 5. The van der Waals surface area contributed by atoms with E-state index in [1.807, 2.05) is 12.1 Å². The topological polar surface area (TPSA) is 103 Å². The summed E-state index contributed by atoms with van der Waals surface area (Å²) in [5.41, 5.74) is 0.588. The smallest absolute Gasteiger partial charge is 0.338 e. The lowest BCUT2D eigenvalue weighted by molar-refractivity contribution is 0.371. The van der Waals surface area contributed by atoms with Crippen LogP contribution >= 0.6 is 19.8 Å². The summed E-state index contributed by atoms with van der Waals surface area (Å²) in [7, 11) is -2.29. The molecule has 1 aromatic heterocycles. The van der Waals surface area contributed by atoms with Crippen molar-refractivity contribution in [3.05, 3.63) is 40.8 Å². The van der Waals surface area contributed by atoms with Gasteiger partial charge in [0.1, 0.15) is 5.58 Å². The summed E-state index contributed by atoms with van der Waals surface area (Å²) in [6.07, 6.45) is 0.0834. The van der Waals surface area contributed by atoms with Crippen LogP contribution in [0.15, 0.2) is 39.5 Å². The third kappa shape index (κ3) is 4.87. The van der Waals surface area contributed by atoms with Crippen molar-refractivity contribution in [3.8, 4) is 0 Å². The molecule has 0 amide bonds. The number of nitrogens with one attached hydrogen (secondary N) is 1. The van der Waals surface area contributed by atoms with Gasteiger partial charge in [-0.05, 0) is 30.8 Å². The highest BCUT2D eigenvalue weighted by molar-refractivity contribution is 7.80. The number of para-hydroxylation sites is 1. The Kier molecular flexibility index (Phi) is 5.54. The minimum absolute atomic E-state index is 0.204. The van der Waals surface area contributed by atoms with Gasteiger partial charge >= 0.3 is 13.2 Å². The highest BCUT2D eigenvalue weighted by Gasteiger charge is 2.14. The molecule has 0 unspecified atom stereocenters. The second kappa shape index (κ2) is 7.23. The van der Waals surface area contributed by atoms with Crippen molar-refractivity contribution in [2.75, 3.05) is 24.7 Å². The number of anilines is 1. The maximum Gasteiger partial charge on any atom is 0.338 e. The van der Waals surface area contributed by atoms with Crippen molar-refractivity contribution in [2.24, 2.45) is 0 Å². The summed E-state index contributed by atoms with van der Waals surface area (Å²) in [6.45, 7) is 0.327. The van der Waals surface area contributed by atoms with Crippen molar-refractivity contribution in [3.63, 3.8) is 0 Å². The molecule has 124 valence electrons. The van der Waals surface area contributed by atoms with Crippen molar-refractivity contribution < 1.29 is 18.8 Å². The normalized spacial score (nSPS) is 11.4. The van der Waals surface area contributed by atoms with Gasteiger partial charge in [-0.15, -0.1) is 0 Å². The zero-order valence-corrected chi connectivity index (χ0v) is 14.1. The van der Waals surface area contributed by atoms with E-state index >= 15 is 0 Å². The van der Waals surface area contributed by atoms with Crippen LogP contribution in [-0.4, -0.2) is 34.7 Å². The highest BCUT2D eigenvalue weighted by atomic mass is 32.1. The number of hydrogen-bond donors (Lipinski definition) is 3. The van der Waals surface area contributed by atoms with Gasteiger partial charge < -0.3 is 24.4 Å². The molecule has 23 heavy (non-hydrogen) atoms. The van der Waals surface area contributed by atoms with Crippen LogP contribution in [0.1, 0.15) is 6.42 Å². The largest absolute Gasteiger partial charge is 0.423 e. The van der Waals surface area contributed by atoms with E-state index in [0.29, 0.717) is 22.9 Å². The standard InChI is InChI=1S/C14H17N2O5PS/c1-16(14(23)15-7-4-8-22(18,19)20)11-9-13(17)21-12-6-3-2-5-10(11)12/h2-3,5-6,9H,4,7-8H2,1H3,(H,15,23)(H2,18,19,20). The lowest BCUT2D eigenvalue weighted by atomic mass is 10.2. The van der Waals surface area contributed by atoms with Gasteiger partial charge in [-0.3, -0.25) is 4.57 Å². The van der Waals surface area contributed by atoms with Gasteiger partial charge in [-0.25, -0.2) is 4.79 Å². The van der Waals surface area contributed by atoms with Crippen LogP contribution in [0.4, 0.5) is 5.69 Å². The van der Waals surface area contributed by atoms with E-state index in [1.165, 1.54) is 6.07 Å². The molecule has 0 saturated heterocycles. The fourth-order valence-corrected chi connectivity index (χ4v) is 2.85. The van der Waals surface area contributed by atoms with Crippen LogP contribution in [0.5, 0.6) is 0 Å². The van der Waals surface area contributed by atoms with Gasteiger partial charge in [0.15, 0.2) is 5.11 Å². The van der Waals surface area contributed by atoms with Crippen LogP contribution in [-0.2, 0) is 4.57 Å². The summed E-state index contributed by atoms with van der Waals surface area (Å²) < 4.78 is 15.9. The molecule has 0 atom stereocenters. The minimum Gasteiger partial charge on any atom is -0.423 e. The van der Waals surface area contributed by atoms with E-state index in [2.05, 4.69) is 5.32 Å². The first-order valence-corrected chi connectivity index (χ1v) is 9.07. The SMILES string of the molecule is CN(C(=S)NCCCP(=O)(O)O)c1cc(=O)oc2ccccc12. The number of fused-ring (bicyclic) bond motifs is 1. The molecule has 0 aliphatic rings. The van der Waals surface area contributed by atoms with Crippen molar-refractivity contribution in [2.45, 2.75) is 6.42 Å². The van der Waals surface area contributed by atoms with Gasteiger partial charge in [-0.1, -0.05) is 12.1 Å². The van der Waals surface area contributed by atoms with Crippen molar-refractivity contribution in [1.29, 1.82) is 0 Å². The van der Waals surface area contributed by atoms with E-state index in [4.69, 9.17) is 26.4 Å². The first-order valence-electron chi connectivity index (χ1n) is 6.87. The lowest BCUT2D eigenvalue weighted by Gasteiger charge is -2.22. The van der Waals surface area contributed by atoms with Gasteiger partial charge in [0, 0.05) is 25.0 Å². The second-order valence-corrected chi connectivity index (χ2v) is 7.14. The average molecular weight is 356 g/mol. The molecule has 7 nitrogen and oxygen atoms in total. The maximum absolute atomic E-state index is 11.7. The Morgan fingerprint density at radius 3 is 2.78 bits per heavy atom. The zero-order valence-electron chi connectivity index (χ0n) is 12.4. The van der Waals surface area contributed by atoms with Gasteiger partial charge in [0.2, 0.25) is 0 Å². The lowest BCUT2D eigenvalue weighted by Crippen LogP contribution is -2.38. The number of thiocarbonyl (C=S) groups is 1. The molecule has 1 heterocycles. The highest BCUT2D eigenvalue weighted by Crippen LogP contribution is 2.34. The number of hydrogen-bond acceptors (Lipinski definition) is 4. The van der Waals surface area contributed by atoms with Crippen molar-refractivity contribution in [1.82, 2.24) is 5.32 Å². The van der Waals surface area contributed by atoms with Gasteiger partial charge in [0.05, 0.1) is 11.8 Å². The Balaban J connectivity index is 2.11. The van der Waals surface area contributed by atoms with E-state index in [9.17, 15) is 9.36 Å². The second-order valence-electron chi connectivity index (χ2n) is 4.98. The summed E-state index contributed by atoms with van der Waals surface area (Å²) >= 11 is 5.26. The molecule has 0 saturated carbocycles. The Hall–Kier alpha value is -1.73. The number of benzene rings is 1. The molecule has 3 N–H and O–H groups in total. The molecular formula is C14H17N2O5PS. The van der Waals surface area contributed by atoms with Crippen LogP contribution < -0.4 is 15.8 Å². The molecule has 2 rings (SSSR count). The van der Waals surface area contributed by atoms with Crippen LogP contribution in [0, 0.1) is 0 Å². The quantitative estimate of drug-likeness (QED) is 0.322.